The van der Waals surface area contributed by atoms with Crippen molar-refractivity contribution in [1.29, 1.82) is 0 Å². The molecule has 0 saturated carbocycles. The Hall–Kier alpha value is -2.23. The fraction of sp³-hybridized carbons (Fsp3) is 0.421. The minimum atomic E-state index is -0.284. The quantitative estimate of drug-likeness (QED) is 0.617. The van der Waals surface area contributed by atoms with Crippen molar-refractivity contribution in [2.45, 2.75) is 32.7 Å². The van der Waals surface area contributed by atoms with Crippen molar-refractivity contribution in [2.75, 3.05) is 20.3 Å². The van der Waals surface area contributed by atoms with Crippen LogP contribution in [0.15, 0.2) is 53.9 Å². The summed E-state index contributed by atoms with van der Waals surface area (Å²) in [6, 6.07) is 9.89. The van der Waals surface area contributed by atoms with E-state index in [1.807, 2.05) is 50.4 Å². The lowest BCUT2D eigenvalue weighted by atomic mass is 10.0. The first-order valence-corrected chi connectivity index (χ1v) is 7.92. The van der Waals surface area contributed by atoms with E-state index in [2.05, 4.69) is 18.7 Å². The van der Waals surface area contributed by atoms with Gasteiger partial charge in [0.15, 0.2) is 5.88 Å². The number of hydrogen-bond acceptors (Lipinski definition) is 4. The number of carbonyl (C=O) groups is 1. The molecular weight excluding hydrogens is 290 g/mol. The molecule has 4 nitrogen and oxygen atoms in total. The van der Waals surface area contributed by atoms with Gasteiger partial charge in [-0.25, -0.2) is 4.79 Å². The number of nitrogens with zero attached hydrogens (tertiary/aromatic N) is 1. The summed E-state index contributed by atoms with van der Waals surface area (Å²) < 4.78 is 10.9. The predicted molar refractivity (Wildman–Crippen MR) is 90.7 cm³/mol. The largest absolute Gasteiger partial charge is 0.477 e. The summed E-state index contributed by atoms with van der Waals surface area (Å²) in [5, 5.41) is 0. The SMILES string of the molecule is CCOC(=O)C(=CC=C1OCC(C)(C)N1C)Cc1ccccc1. The number of carbonyl (C=O) groups excluding carboxylic acids is 1. The van der Waals surface area contributed by atoms with Crippen LogP contribution in [0.1, 0.15) is 26.3 Å². The van der Waals surface area contributed by atoms with Crippen molar-refractivity contribution >= 4 is 5.97 Å². The zero-order valence-electron chi connectivity index (χ0n) is 14.3. The van der Waals surface area contributed by atoms with Gasteiger partial charge in [-0.05, 0) is 38.5 Å². The van der Waals surface area contributed by atoms with Crippen LogP contribution < -0.4 is 0 Å². The standard InChI is InChI=1S/C19H25NO3/c1-5-22-18(21)16(13-15-9-7-6-8-10-15)11-12-17-20(4)19(2,3)14-23-17/h6-12H,5,13-14H2,1-4H3. The number of rotatable bonds is 5. The lowest BCUT2D eigenvalue weighted by Crippen LogP contribution is -2.36. The molecule has 1 aliphatic heterocycles. The van der Waals surface area contributed by atoms with E-state index in [-0.39, 0.29) is 11.5 Å². The van der Waals surface area contributed by atoms with E-state index in [0.29, 0.717) is 25.2 Å². The molecule has 1 aromatic carbocycles. The summed E-state index contributed by atoms with van der Waals surface area (Å²) in [6.07, 6.45) is 4.19. The number of likely N-dealkylation sites (N-methyl/N-ethyl adjacent to an activating group) is 1. The van der Waals surface area contributed by atoms with Gasteiger partial charge in [0.25, 0.3) is 0 Å². The molecule has 1 aromatic rings. The van der Waals surface area contributed by atoms with Crippen molar-refractivity contribution < 1.29 is 14.3 Å². The van der Waals surface area contributed by atoms with Crippen molar-refractivity contribution in [2.24, 2.45) is 0 Å². The van der Waals surface area contributed by atoms with Gasteiger partial charge in [-0.1, -0.05) is 30.3 Å². The molecule has 0 unspecified atom stereocenters. The Morgan fingerprint density at radius 3 is 2.61 bits per heavy atom. The molecule has 23 heavy (non-hydrogen) atoms. The van der Waals surface area contributed by atoms with Crippen LogP contribution >= 0.6 is 0 Å². The molecule has 0 bridgehead atoms. The van der Waals surface area contributed by atoms with Crippen molar-refractivity contribution in [1.82, 2.24) is 4.90 Å². The van der Waals surface area contributed by atoms with Gasteiger partial charge in [0.1, 0.15) is 6.61 Å². The topological polar surface area (TPSA) is 38.8 Å². The highest BCUT2D eigenvalue weighted by Gasteiger charge is 2.33. The molecule has 0 N–H and O–H groups in total. The minimum Gasteiger partial charge on any atom is -0.477 e. The lowest BCUT2D eigenvalue weighted by Gasteiger charge is -2.25. The molecule has 1 aliphatic rings. The molecule has 0 aliphatic carbocycles. The first kappa shape index (κ1) is 17.1. The molecule has 1 saturated heterocycles. The highest BCUT2D eigenvalue weighted by molar-refractivity contribution is 5.89. The Bertz CT molecular complexity index is 602. The number of hydrogen-bond donors (Lipinski definition) is 0. The van der Waals surface area contributed by atoms with Gasteiger partial charge in [-0.15, -0.1) is 0 Å². The average Bonchev–Trinajstić information content (AvgIpc) is 2.79. The first-order valence-electron chi connectivity index (χ1n) is 7.92. The second kappa shape index (κ2) is 7.36. The molecule has 124 valence electrons. The van der Waals surface area contributed by atoms with Crippen LogP contribution in [0.3, 0.4) is 0 Å². The van der Waals surface area contributed by atoms with Gasteiger partial charge >= 0.3 is 5.97 Å². The maximum atomic E-state index is 12.2. The normalized spacial score (nSPS) is 18.9. The molecule has 2 rings (SSSR count). The fourth-order valence-electron chi connectivity index (χ4n) is 2.31. The molecular formula is C19H25NO3. The van der Waals surface area contributed by atoms with Gasteiger partial charge in [0.2, 0.25) is 0 Å². The minimum absolute atomic E-state index is 0.0385. The Morgan fingerprint density at radius 1 is 1.35 bits per heavy atom. The zero-order chi connectivity index (χ0) is 16.9. The third kappa shape index (κ3) is 4.38. The summed E-state index contributed by atoms with van der Waals surface area (Å²) >= 11 is 0. The summed E-state index contributed by atoms with van der Waals surface area (Å²) in [7, 11) is 1.99. The van der Waals surface area contributed by atoms with Crippen LogP contribution in [-0.2, 0) is 20.7 Å². The van der Waals surface area contributed by atoms with E-state index in [4.69, 9.17) is 9.47 Å². The molecule has 0 radical (unpaired) electrons. The second-order valence-electron chi connectivity index (χ2n) is 6.24. The van der Waals surface area contributed by atoms with E-state index < -0.39 is 0 Å². The van der Waals surface area contributed by atoms with Crippen LogP contribution in [0.4, 0.5) is 0 Å². The zero-order valence-corrected chi connectivity index (χ0v) is 14.3. The van der Waals surface area contributed by atoms with E-state index in [1.165, 1.54) is 0 Å². The van der Waals surface area contributed by atoms with Gasteiger partial charge in [0.05, 0.1) is 12.1 Å². The van der Waals surface area contributed by atoms with Crippen molar-refractivity contribution in [3.63, 3.8) is 0 Å². The maximum Gasteiger partial charge on any atom is 0.334 e. The Labute approximate surface area is 138 Å². The van der Waals surface area contributed by atoms with Crippen LogP contribution in [0, 0.1) is 0 Å². The molecule has 1 fully saturated rings. The number of ether oxygens (including phenoxy) is 2. The van der Waals surface area contributed by atoms with Gasteiger partial charge in [-0.3, -0.25) is 0 Å². The maximum absolute atomic E-state index is 12.2. The molecule has 0 amide bonds. The highest BCUT2D eigenvalue weighted by Crippen LogP contribution is 2.27. The molecule has 0 atom stereocenters. The van der Waals surface area contributed by atoms with Gasteiger partial charge in [-0.2, -0.15) is 0 Å². The third-order valence-electron chi connectivity index (χ3n) is 4.01. The van der Waals surface area contributed by atoms with E-state index in [1.54, 1.807) is 6.08 Å². The molecule has 0 aromatic heterocycles. The molecule has 4 heteroatoms. The number of esters is 1. The van der Waals surface area contributed by atoms with Crippen LogP contribution in [0.25, 0.3) is 0 Å². The average molecular weight is 315 g/mol. The van der Waals surface area contributed by atoms with E-state index in [0.717, 1.165) is 11.4 Å². The van der Waals surface area contributed by atoms with Crippen molar-refractivity contribution in [3.8, 4) is 0 Å². The smallest absolute Gasteiger partial charge is 0.334 e. The summed E-state index contributed by atoms with van der Waals surface area (Å²) in [6.45, 7) is 7.05. The van der Waals surface area contributed by atoms with Crippen LogP contribution in [-0.4, -0.2) is 36.7 Å². The summed E-state index contributed by atoms with van der Waals surface area (Å²) in [5.41, 5.74) is 1.65. The Kier molecular flexibility index (Phi) is 5.48. The van der Waals surface area contributed by atoms with Crippen LogP contribution in [0.5, 0.6) is 0 Å². The summed E-state index contributed by atoms with van der Waals surface area (Å²) in [4.78, 5) is 14.3. The molecule has 0 spiro atoms. The lowest BCUT2D eigenvalue weighted by molar-refractivity contribution is -0.138. The first-order chi connectivity index (χ1) is 10.9. The Morgan fingerprint density at radius 2 is 2.04 bits per heavy atom. The van der Waals surface area contributed by atoms with E-state index >= 15 is 0 Å². The monoisotopic (exact) mass is 315 g/mol. The number of allylic oxidation sites excluding steroid dienone is 2. The Balaban J connectivity index is 2.21. The van der Waals surface area contributed by atoms with E-state index in [9.17, 15) is 4.79 Å². The number of benzene rings is 1. The van der Waals surface area contributed by atoms with Crippen LogP contribution in [0.2, 0.25) is 0 Å². The van der Waals surface area contributed by atoms with Gasteiger partial charge < -0.3 is 14.4 Å². The molecule has 1 heterocycles. The third-order valence-corrected chi connectivity index (χ3v) is 4.01. The van der Waals surface area contributed by atoms with Gasteiger partial charge in [0, 0.05) is 19.0 Å². The highest BCUT2D eigenvalue weighted by atomic mass is 16.5. The summed E-state index contributed by atoms with van der Waals surface area (Å²) in [5.74, 6) is 0.484. The second-order valence-corrected chi connectivity index (χ2v) is 6.24. The fourth-order valence-corrected chi connectivity index (χ4v) is 2.31. The van der Waals surface area contributed by atoms with Crippen molar-refractivity contribution in [3.05, 3.63) is 59.5 Å². The predicted octanol–water partition coefficient (Wildman–Crippen LogP) is 3.30.